The average Bonchev–Trinajstić information content (AvgIpc) is 2.94. The summed E-state index contributed by atoms with van der Waals surface area (Å²) in [6.07, 6.45) is -3.63. The highest BCUT2D eigenvalue weighted by Crippen LogP contribution is 2.29. The van der Waals surface area contributed by atoms with E-state index in [9.17, 15) is 19.8 Å². The van der Waals surface area contributed by atoms with Crippen molar-refractivity contribution in [2.24, 2.45) is 0 Å². The first kappa shape index (κ1) is 18.8. The molecule has 3 rings (SSSR count). The Labute approximate surface area is 154 Å². The lowest BCUT2D eigenvalue weighted by Crippen LogP contribution is -2.36. The minimum absolute atomic E-state index is 0.0259. The van der Waals surface area contributed by atoms with E-state index in [0.717, 1.165) is 4.57 Å². The van der Waals surface area contributed by atoms with Crippen molar-refractivity contribution in [1.29, 1.82) is 0 Å². The number of ether oxygens (including phenoxy) is 2. The lowest BCUT2D eigenvalue weighted by molar-refractivity contribution is -0.0598. The summed E-state index contributed by atoms with van der Waals surface area (Å²) in [5, 5.41) is 23.3. The average molecular weight is 376 g/mol. The van der Waals surface area contributed by atoms with E-state index in [4.69, 9.17) is 15.2 Å². The Kier molecular flexibility index (Phi) is 5.40. The van der Waals surface area contributed by atoms with E-state index in [1.165, 1.54) is 12.3 Å². The van der Waals surface area contributed by atoms with Gasteiger partial charge in [-0.1, -0.05) is 12.1 Å². The van der Waals surface area contributed by atoms with Crippen molar-refractivity contribution in [3.63, 3.8) is 0 Å². The zero-order chi connectivity index (χ0) is 19.6. The van der Waals surface area contributed by atoms with Crippen LogP contribution in [0.1, 0.15) is 16.6 Å². The Morgan fingerprint density at radius 1 is 1.33 bits per heavy atom. The quantitative estimate of drug-likeness (QED) is 0.499. The number of aliphatic hydroxyl groups is 2. The number of esters is 1. The van der Waals surface area contributed by atoms with Crippen LogP contribution < -0.4 is 16.7 Å². The van der Waals surface area contributed by atoms with Gasteiger partial charge in [-0.3, -0.25) is 4.57 Å². The fourth-order valence-electron chi connectivity index (χ4n) is 2.83. The number of para-hydroxylation sites is 1. The molecule has 4 atom stereocenters. The second kappa shape index (κ2) is 7.74. The number of carbonyl (C=O) groups excluding carboxylic acids is 1. The van der Waals surface area contributed by atoms with Crippen molar-refractivity contribution in [2.45, 2.75) is 24.5 Å². The number of nitrogens with one attached hydrogen (secondary N) is 1. The summed E-state index contributed by atoms with van der Waals surface area (Å²) in [6, 6.07) is 8.14. The number of nitrogens with two attached hydrogens (primary N) is 1. The molecule has 2 aromatic rings. The molecule has 0 radical (unpaired) electrons. The SMILES string of the molecule is CNc1ccccc1C(=O)OC[C@H]1O[C@@H](n2ccc(N)nc2=O)[C@H](O)[C@@H]1O. The fourth-order valence-corrected chi connectivity index (χ4v) is 2.83. The lowest BCUT2D eigenvalue weighted by Gasteiger charge is -2.17. The number of hydrogen-bond acceptors (Lipinski definition) is 9. The van der Waals surface area contributed by atoms with Crippen molar-refractivity contribution in [2.75, 3.05) is 24.7 Å². The molecule has 5 N–H and O–H groups in total. The van der Waals surface area contributed by atoms with E-state index >= 15 is 0 Å². The molecule has 1 aromatic carbocycles. The van der Waals surface area contributed by atoms with Gasteiger partial charge < -0.3 is 30.7 Å². The number of aromatic nitrogens is 2. The smallest absolute Gasteiger partial charge is 0.351 e. The molecule has 27 heavy (non-hydrogen) atoms. The first-order valence-electron chi connectivity index (χ1n) is 8.22. The molecule has 2 heterocycles. The summed E-state index contributed by atoms with van der Waals surface area (Å²) in [7, 11) is 1.68. The molecule has 0 unspecified atom stereocenters. The Morgan fingerprint density at radius 2 is 2.07 bits per heavy atom. The van der Waals surface area contributed by atoms with E-state index in [1.807, 2.05) is 0 Å². The van der Waals surface area contributed by atoms with E-state index in [-0.39, 0.29) is 12.4 Å². The second-order valence-corrected chi connectivity index (χ2v) is 5.98. The van der Waals surface area contributed by atoms with Crippen LogP contribution in [0.5, 0.6) is 0 Å². The summed E-state index contributed by atoms with van der Waals surface area (Å²) < 4.78 is 11.7. The first-order valence-corrected chi connectivity index (χ1v) is 8.22. The van der Waals surface area contributed by atoms with E-state index < -0.39 is 36.2 Å². The number of carbonyl (C=O) groups is 1. The summed E-state index contributed by atoms with van der Waals surface area (Å²) in [5.74, 6) is -0.585. The maximum absolute atomic E-state index is 12.3. The Bertz CT molecular complexity index is 886. The standard InChI is InChI=1S/C17H20N4O6/c1-19-10-5-3-2-4-9(10)16(24)26-8-11-13(22)14(23)15(27-11)21-7-6-12(18)20-17(21)25/h2-7,11,13-15,19,22-23H,8H2,1H3,(H2,18,20,25)/t11-,13-,14-,15-/m1/s1. The van der Waals surface area contributed by atoms with Crippen LogP contribution in [0.3, 0.4) is 0 Å². The Morgan fingerprint density at radius 3 is 2.78 bits per heavy atom. The van der Waals surface area contributed by atoms with Gasteiger partial charge in [0.1, 0.15) is 30.7 Å². The van der Waals surface area contributed by atoms with Crippen LogP contribution in [0.2, 0.25) is 0 Å². The number of nitrogens with zero attached hydrogens (tertiary/aromatic N) is 2. The molecular weight excluding hydrogens is 356 g/mol. The van der Waals surface area contributed by atoms with Crippen molar-refractivity contribution in [3.05, 3.63) is 52.6 Å². The molecule has 10 nitrogen and oxygen atoms in total. The van der Waals surface area contributed by atoms with Gasteiger partial charge in [-0.05, 0) is 18.2 Å². The molecule has 0 bridgehead atoms. The number of anilines is 2. The van der Waals surface area contributed by atoms with Gasteiger partial charge in [0.2, 0.25) is 0 Å². The molecule has 1 aliphatic rings. The van der Waals surface area contributed by atoms with Crippen molar-refractivity contribution < 1.29 is 24.5 Å². The predicted molar refractivity (Wildman–Crippen MR) is 95.1 cm³/mol. The molecule has 1 aromatic heterocycles. The highest BCUT2D eigenvalue weighted by molar-refractivity contribution is 5.95. The van der Waals surface area contributed by atoms with E-state index in [1.54, 1.807) is 31.3 Å². The highest BCUT2D eigenvalue weighted by atomic mass is 16.6. The van der Waals surface area contributed by atoms with Crippen LogP contribution in [-0.2, 0) is 9.47 Å². The van der Waals surface area contributed by atoms with Gasteiger partial charge in [-0.2, -0.15) is 4.98 Å². The number of benzene rings is 1. The number of nitrogen functional groups attached to an aromatic ring is 1. The zero-order valence-electron chi connectivity index (χ0n) is 14.5. The Hall–Kier alpha value is -2.95. The molecule has 0 amide bonds. The van der Waals surface area contributed by atoms with Crippen molar-refractivity contribution in [1.82, 2.24) is 9.55 Å². The molecule has 1 fully saturated rings. The number of hydrogen-bond donors (Lipinski definition) is 4. The molecule has 1 aliphatic heterocycles. The van der Waals surface area contributed by atoms with Crippen LogP contribution in [0.15, 0.2) is 41.3 Å². The third-order valence-electron chi connectivity index (χ3n) is 4.26. The van der Waals surface area contributed by atoms with Crippen LogP contribution in [0.4, 0.5) is 11.5 Å². The highest BCUT2D eigenvalue weighted by Gasteiger charge is 2.44. The summed E-state index contributed by atoms with van der Waals surface area (Å²) in [5.41, 5.74) is 5.62. The van der Waals surface area contributed by atoms with Crippen LogP contribution in [0.25, 0.3) is 0 Å². The zero-order valence-corrected chi connectivity index (χ0v) is 14.5. The maximum atomic E-state index is 12.3. The van der Waals surface area contributed by atoms with Crippen LogP contribution in [-0.4, -0.2) is 57.7 Å². The number of rotatable bonds is 5. The van der Waals surface area contributed by atoms with Gasteiger partial charge in [-0.25, -0.2) is 9.59 Å². The second-order valence-electron chi connectivity index (χ2n) is 5.98. The largest absolute Gasteiger partial charge is 0.459 e. The topological polar surface area (TPSA) is 149 Å². The molecular formula is C17H20N4O6. The predicted octanol–water partition coefficient (Wildman–Crippen LogP) is -0.657. The first-order chi connectivity index (χ1) is 12.9. The molecule has 10 heteroatoms. The molecule has 144 valence electrons. The van der Waals surface area contributed by atoms with Crippen molar-refractivity contribution >= 4 is 17.5 Å². The third kappa shape index (κ3) is 3.77. The van der Waals surface area contributed by atoms with Crippen molar-refractivity contribution in [3.8, 4) is 0 Å². The van der Waals surface area contributed by atoms with Gasteiger partial charge in [0.15, 0.2) is 6.23 Å². The molecule has 0 saturated carbocycles. The minimum atomic E-state index is -1.40. The van der Waals surface area contributed by atoms with Gasteiger partial charge in [0, 0.05) is 18.9 Å². The Balaban J connectivity index is 1.69. The van der Waals surface area contributed by atoms with Crippen LogP contribution >= 0.6 is 0 Å². The summed E-state index contributed by atoms with van der Waals surface area (Å²) in [6.45, 7) is -0.303. The summed E-state index contributed by atoms with van der Waals surface area (Å²) >= 11 is 0. The maximum Gasteiger partial charge on any atom is 0.351 e. The molecule has 0 spiro atoms. The minimum Gasteiger partial charge on any atom is -0.459 e. The van der Waals surface area contributed by atoms with E-state index in [2.05, 4.69) is 10.3 Å². The van der Waals surface area contributed by atoms with Gasteiger partial charge in [0.05, 0.1) is 5.56 Å². The fraction of sp³-hybridized carbons (Fsp3) is 0.353. The van der Waals surface area contributed by atoms with Gasteiger partial charge >= 0.3 is 11.7 Å². The van der Waals surface area contributed by atoms with Gasteiger partial charge in [0.25, 0.3) is 0 Å². The number of aliphatic hydroxyl groups excluding tert-OH is 2. The monoisotopic (exact) mass is 376 g/mol. The lowest BCUT2D eigenvalue weighted by atomic mass is 10.1. The summed E-state index contributed by atoms with van der Waals surface area (Å²) in [4.78, 5) is 27.7. The van der Waals surface area contributed by atoms with E-state index in [0.29, 0.717) is 11.3 Å². The van der Waals surface area contributed by atoms with Gasteiger partial charge in [-0.15, -0.1) is 0 Å². The van der Waals surface area contributed by atoms with Crippen LogP contribution in [0, 0.1) is 0 Å². The normalized spacial score (nSPS) is 24.6. The third-order valence-corrected chi connectivity index (χ3v) is 4.26. The molecule has 0 aliphatic carbocycles. The molecule has 1 saturated heterocycles.